The number of anilines is 1. The summed E-state index contributed by atoms with van der Waals surface area (Å²) in [5.74, 6) is -1.42. The summed E-state index contributed by atoms with van der Waals surface area (Å²) in [6.45, 7) is 5.58. The minimum Gasteiger partial charge on any atom is -0.350 e. The van der Waals surface area contributed by atoms with Gasteiger partial charge >= 0.3 is 0 Å². The number of hydrogen-bond donors (Lipinski definition) is 1. The molecule has 3 aromatic carbocycles. The fourth-order valence-corrected chi connectivity index (χ4v) is 4.11. The monoisotopic (exact) mass is 448 g/mol. The third-order valence-electron chi connectivity index (χ3n) is 5.55. The maximum atomic E-state index is 14.3. The number of aryl methyl sites for hydroxylation is 3. The first-order valence-electron chi connectivity index (χ1n) is 10.2. The number of amides is 2. The van der Waals surface area contributed by atoms with Gasteiger partial charge in [-0.3, -0.25) is 14.5 Å². The molecule has 0 aromatic heterocycles. The predicted octanol–water partition coefficient (Wildman–Crippen LogP) is 5.80. The first-order chi connectivity index (χ1) is 15.3. The molecular formula is C26H22ClFN2O2. The van der Waals surface area contributed by atoms with Gasteiger partial charge in [0.25, 0.3) is 11.8 Å². The highest BCUT2D eigenvalue weighted by Crippen LogP contribution is 2.34. The van der Waals surface area contributed by atoms with Crippen LogP contribution in [0.1, 0.15) is 27.8 Å². The second-order valence-corrected chi connectivity index (χ2v) is 8.38. The van der Waals surface area contributed by atoms with Gasteiger partial charge < -0.3 is 5.32 Å². The van der Waals surface area contributed by atoms with Crippen molar-refractivity contribution in [1.29, 1.82) is 0 Å². The van der Waals surface area contributed by atoms with E-state index in [-0.39, 0.29) is 23.4 Å². The Hall–Kier alpha value is -3.44. The van der Waals surface area contributed by atoms with Crippen molar-refractivity contribution >= 4 is 34.7 Å². The van der Waals surface area contributed by atoms with Crippen LogP contribution < -0.4 is 5.32 Å². The van der Waals surface area contributed by atoms with E-state index in [2.05, 4.69) is 5.32 Å². The third-order valence-corrected chi connectivity index (χ3v) is 5.79. The molecule has 0 radical (unpaired) electrons. The Morgan fingerprint density at radius 2 is 1.66 bits per heavy atom. The molecular weight excluding hydrogens is 427 g/mol. The van der Waals surface area contributed by atoms with Crippen molar-refractivity contribution in [3.05, 3.63) is 105 Å². The fraction of sp³-hybridized carbons (Fsp3) is 0.154. The number of rotatable bonds is 5. The third kappa shape index (κ3) is 4.04. The number of nitrogens with zero attached hydrogens (tertiary/aromatic N) is 1. The zero-order valence-electron chi connectivity index (χ0n) is 18.0. The first-order valence-corrected chi connectivity index (χ1v) is 10.6. The van der Waals surface area contributed by atoms with Gasteiger partial charge in [-0.15, -0.1) is 0 Å². The molecule has 1 heterocycles. The number of carbonyl (C=O) groups excluding carboxylic acids is 2. The number of imide groups is 1. The number of benzene rings is 3. The molecule has 162 valence electrons. The molecule has 6 heteroatoms. The van der Waals surface area contributed by atoms with Gasteiger partial charge in [-0.05, 0) is 61.7 Å². The molecule has 4 nitrogen and oxygen atoms in total. The maximum Gasteiger partial charge on any atom is 0.278 e. The minimum absolute atomic E-state index is 0.149. The van der Waals surface area contributed by atoms with Crippen LogP contribution in [0.5, 0.6) is 0 Å². The van der Waals surface area contributed by atoms with Gasteiger partial charge in [-0.25, -0.2) is 4.39 Å². The van der Waals surface area contributed by atoms with Crippen LogP contribution in [-0.2, 0) is 16.1 Å². The highest BCUT2D eigenvalue weighted by molar-refractivity contribution is 6.36. The average Bonchev–Trinajstić information content (AvgIpc) is 2.96. The van der Waals surface area contributed by atoms with E-state index in [1.165, 1.54) is 6.07 Å². The van der Waals surface area contributed by atoms with Crippen LogP contribution in [0.25, 0.3) is 5.57 Å². The lowest BCUT2D eigenvalue weighted by molar-refractivity contribution is -0.137. The second-order valence-electron chi connectivity index (χ2n) is 7.94. The van der Waals surface area contributed by atoms with Crippen molar-refractivity contribution in [2.24, 2.45) is 0 Å². The molecule has 1 aliphatic heterocycles. The summed E-state index contributed by atoms with van der Waals surface area (Å²) in [5, 5.41) is 3.73. The van der Waals surface area contributed by atoms with Gasteiger partial charge in [0.05, 0.1) is 12.1 Å². The van der Waals surface area contributed by atoms with Crippen LogP contribution in [0.4, 0.5) is 10.1 Å². The molecule has 0 saturated heterocycles. The first kappa shape index (κ1) is 21.8. The lowest BCUT2D eigenvalue weighted by Crippen LogP contribution is -2.32. The summed E-state index contributed by atoms with van der Waals surface area (Å²) in [7, 11) is 0. The van der Waals surface area contributed by atoms with Crippen molar-refractivity contribution in [1.82, 2.24) is 4.90 Å². The number of hydrogen-bond acceptors (Lipinski definition) is 3. The SMILES string of the molecule is Cc1ccc(C2=C(Nc3ccc(Cl)cc3C)C(=O)N(Cc3ccccc3F)C2=O)c(C)c1. The van der Waals surface area contributed by atoms with Crippen LogP contribution in [0.3, 0.4) is 0 Å². The smallest absolute Gasteiger partial charge is 0.278 e. The summed E-state index contributed by atoms with van der Waals surface area (Å²) >= 11 is 6.07. The Morgan fingerprint density at radius 3 is 2.34 bits per heavy atom. The molecule has 1 N–H and O–H groups in total. The van der Waals surface area contributed by atoms with E-state index in [4.69, 9.17) is 11.6 Å². The Morgan fingerprint density at radius 1 is 0.906 bits per heavy atom. The van der Waals surface area contributed by atoms with E-state index in [9.17, 15) is 14.0 Å². The molecule has 0 unspecified atom stereocenters. The molecule has 0 aliphatic carbocycles. The van der Waals surface area contributed by atoms with E-state index < -0.39 is 17.6 Å². The Bertz CT molecular complexity index is 1280. The van der Waals surface area contributed by atoms with E-state index >= 15 is 0 Å². The molecule has 0 atom stereocenters. The summed E-state index contributed by atoms with van der Waals surface area (Å²) < 4.78 is 14.3. The van der Waals surface area contributed by atoms with Crippen LogP contribution in [0, 0.1) is 26.6 Å². The van der Waals surface area contributed by atoms with Crippen molar-refractivity contribution < 1.29 is 14.0 Å². The van der Waals surface area contributed by atoms with Crippen molar-refractivity contribution in [3.8, 4) is 0 Å². The van der Waals surface area contributed by atoms with Crippen molar-refractivity contribution in [2.45, 2.75) is 27.3 Å². The van der Waals surface area contributed by atoms with Gasteiger partial charge in [0.1, 0.15) is 11.5 Å². The normalized spacial score (nSPS) is 13.8. The van der Waals surface area contributed by atoms with Gasteiger partial charge in [-0.2, -0.15) is 0 Å². The lowest BCUT2D eigenvalue weighted by atomic mass is 9.97. The van der Waals surface area contributed by atoms with E-state index in [1.807, 2.05) is 39.0 Å². The van der Waals surface area contributed by atoms with Gasteiger partial charge in [0.2, 0.25) is 0 Å². The summed E-state index contributed by atoms with van der Waals surface area (Å²) in [4.78, 5) is 28.0. The Balaban J connectivity index is 1.81. The largest absolute Gasteiger partial charge is 0.350 e. The number of halogens is 2. The standard InChI is InChI=1S/C26H22ClFN2O2/c1-15-8-10-20(16(2)12-15)23-24(29-22-11-9-19(27)13-17(22)3)26(32)30(25(23)31)14-18-6-4-5-7-21(18)28/h4-13,29H,14H2,1-3H3. The van der Waals surface area contributed by atoms with E-state index in [1.54, 1.807) is 36.4 Å². The van der Waals surface area contributed by atoms with Crippen molar-refractivity contribution in [3.63, 3.8) is 0 Å². The molecule has 0 fully saturated rings. The van der Waals surface area contributed by atoms with Gasteiger partial charge in [-0.1, -0.05) is 53.6 Å². The second kappa shape index (κ2) is 8.60. The topological polar surface area (TPSA) is 49.4 Å². The summed E-state index contributed by atoms with van der Waals surface area (Å²) in [5.41, 5.74) is 4.81. The Labute approximate surface area is 191 Å². The molecule has 32 heavy (non-hydrogen) atoms. The molecule has 2 amide bonds. The van der Waals surface area contributed by atoms with Crippen LogP contribution >= 0.6 is 11.6 Å². The van der Waals surface area contributed by atoms with Crippen molar-refractivity contribution in [2.75, 3.05) is 5.32 Å². The number of nitrogens with one attached hydrogen (secondary N) is 1. The van der Waals surface area contributed by atoms with Crippen LogP contribution in [-0.4, -0.2) is 16.7 Å². The molecule has 4 rings (SSSR count). The highest BCUT2D eigenvalue weighted by atomic mass is 35.5. The fourth-order valence-electron chi connectivity index (χ4n) is 3.88. The van der Waals surface area contributed by atoms with E-state index in [0.717, 1.165) is 21.6 Å². The lowest BCUT2D eigenvalue weighted by Gasteiger charge is -2.16. The summed E-state index contributed by atoms with van der Waals surface area (Å²) in [6.07, 6.45) is 0. The van der Waals surface area contributed by atoms with Crippen LogP contribution in [0.2, 0.25) is 5.02 Å². The number of carbonyl (C=O) groups is 2. The maximum absolute atomic E-state index is 14.3. The zero-order chi connectivity index (χ0) is 23.0. The molecule has 0 bridgehead atoms. The van der Waals surface area contributed by atoms with Gasteiger partial charge in [0, 0.05) is 16.3 Å². The zero-order valence-corrected chi connectivity index (χ0v) is 18.8. The summed E-state index contributed by atoms with van der Waals surface area (Å²) in [6, 6.07) is 17.1. The molecule has 0 saturated carbocycles. The molecule has 1 aliphatic rings. The minimum atomic E-state index is -0.498. The van der Waals surface area contributed by atoms with Gasteiger partial charge in [0.15, 0.2) is 0 Å². The molecule has 0 spiro atoms. The van der Waals surface area contributed by atoms with Crippen LogP contribution in [0.15, 0.2) is 66.4 Å². The quantitative estimate of drug-likeness (QED) is 0.502. The Kier molecular flexibility index (Phi) is 5.85. The molecule has 3 aromatic rings. The average molecular weight is 449 g/mol. The van der Waals surface area contributed by atoms with E-state index in [0.29, 0.717) is 16.3 Å². The highest BCUT2D eigenvalue weighted by Gasteiger charge is 2.40. The predicted molar refractivity (Wildman–Crippen MR) is 125 cm³/mol.